The van der Waals surface area contributed by atoms with Crippen LogP contribution in [0, 0.1) is 12.8 Å². The van der Waals surface area contributed by atoms with Gasteiger partial charge in [0.15, 0.2) is 0 Å². The van der Waals surface area contributed by atoms with Gasteiger partial charge in [-0.3, -0.25) is 9.78 Å². The van der Waals surface area contributed by atoms with E-state index in [1.807, 2.05) is 30.0 Å². The molecule has 6 heteroatoms. The van der Waals surface area contributed by atoms with Gasteiger partial charge in [-0.2, -0.15) is 0 Å². The Bertz CT molecular complexity index is 642. The monoisotopic (exact) mass is 303 g/mol. The molecule has 1 amide bonds. The van der Waals surface area contributed by atoms with Crippen molar-refractivity contribution in [1.82, 2.24) is 14.9 Å². The van der Waals surface area contributed by atoms with Gasteiger partial charge in [-0.1, -0.05) is 6.07 Å². The van der Waals surface area contributed by atoms with Crippen LogP contribution in [-0.4, -0.2) is 45.6 Å². The molecule has 0 aliphatic carbocycles. The summed E-state index contributed by atoms with van der Waals surface area (Å²) in [4.78, 5) is 23.8. The summed E-state index contributed by atoms with van der Waals surface area (Å²) in [6, 6.07) is 5.66. The van der Waals surface area contributed by atoms with Crippen molar-refractivity contribution in [3.8, 4) is 10.7 Å². The Kier molecular flexibility index (Phi) is 3.98. The molecule has 1 atom stereocenters. The van der Waals surface area contributed by atoms with Crippen LogP contribution >= 0.6 is 11.3 Å². The minimum Gasteiger partial charge on any atom is -0.396 e. The number of aliphatic hydroxyl groups excluding tert-OH is 1. The average Bonchev–Trinajstić information content (AvgIpc) is 3.14. The second kappa shape index (κ2) is 5.91. The molecule has 1 unspecified atom stereocenters. The summed E-state index contributed by atoms with van der Waals surface area (Å²) < 4.78 is 0. The molecule has 0 saturated carbocycles. The normalized spacial score (nSPS) is 18.2. The van der Waals surface area contributed by atoms with Crippen molar-refractivity contribution in [2.24, 2.45) is 5.92 Å². The highest BCUT2D eigenvalue weighted by Gasteiger charge is 2.29. The number of hydrogen-bond acceptors (Lipinski definition) is 5. The largest absolute Gasteiger partial charge is 0.396 e. The number of carbonyl (C=O) groups is 1. The number of nitrogens with zero attached hydrogens (tertiary/aromatic N) is 3. The van der Waals surface area contributed by atoms with Crippen molar-refractivity contribution in [3.05, 3.63) is 35.0 Å². The minimum absolute atomic E-state index is 0.0168. The van der Waals surface area contributed by atoms with E-state index in [4.69, 9.17) is 0 Å². The van der Waals surface area contributed by atoms with Crippen LogP contribution in [0.4, 0.5) is 0 Å². The molecule has 1 aliphatic heterocycles. The lowest BCUT2D eigenvalue weighted by atomic mass is 10.1. The topological polar surface area (TPSA) is 66.3 Å². The number of aryl methyl sites for hydroxylation is 1. The Balaban J connectivity index is 1.83. The summed E-state index contributed by atoms with van der Waals surface area (Å²) in [5.41, 5.74) is 1.54. The lowest BCUT2D eigenvalue weighted by Gasteiger charge is -2.15. The molecule has 0 bridgehead atoms. The van der Waals surface area contributed by atoms with E-state index in [1.165, 1.54) is 11.3 Å². The highest BCUT2D eigenvalue weighted by atomic mass is 32.1. The summed E-state index contributed by atoms with van der Waals surface area (Å²) in [6.45, 7) is 3.34. The quantitative estimate of drug-likeness (QED) is 0.941. The van der Waals surface area contributed by atoms with Gasteiger partial charge in [0.2, 0.25) is 0 Å². The maximum atomic E-state index is 12.6. The van der Waals surface area contributed by atoms with E-state index >= 15 is 0 Å². The molecule has 1 saturated heterocycles. The first-order chi connectivity index (χ1) is 10.2. The van der Waals surface area contributed by atoms with Gasteiger partial charge in [0, 0.05) is 31.8 Å². The van der Waals surface area contributed by atoms with Crippen LogP contribution in [0.5, 0.6) is 0 Å². The first-order valence-electron chi connectivity index (χ1n) is 6.98. The number of hydrogen-bond donors (Lipinski definition) is 1. The van der Waals surface area contributed by atoms with E-state index in [0.29, 0.717) is 18.0 Å². The van der Waals surface area contributed by atoms with Crippen LogP contribution in [0.2, 0.25) is 0 Å². The fraction of sp³-hybridized carbons (Fsp3) is 0.400. The fourth-order valence-electron chi connectivity index (χ4n) is 2.50. The number of aliphatic hydroxyl groups is 1. The molecular weight excluding hydrogens is 286 g/mol. The highest BCUT2D eigenvalue weighted by molar-refractivity contribution is 7.17. The van der Waals surface area contributed by atoms with Gasteiger partial charge in [-0.05, 0) is 25.5 Å². The Labute approximate surface area is 127 Å². The van der Waals surface area contributed by atoms with Crippen LogP contribution in [0.3, 0.4) is 0 Å². The summed E-state index contributed by atoms with van der Waals surface area (Å²) in [6.07, 6.45) is 2.59. The van der Waals surface area contributed by atoms with Gasteiger partial charge >= 0.3 is 0 Å². The van der Waals surface area contributed by atoms with E-state index in [9.17, 15) is 9.90 Å². The molecule has 1 aliphatic rings. The first-order valence-corrected chi connectivity index (χ1v) is 7.79. The first kappa shape index (κ1) is 14.2. The highest BCUT2D eigenvalue weighted by Crippen LogP contribution is 2.28. The number of thiazole rings is 1. The van der Waals surface area contributed by atoms with Crippen LogP contribution in [0.1, 0.15) is 21.8 Å². The molecule has 0 spiro atoms. The van der Waals surface area contributed by atoms with Gasteiger partial charge in [0.05, 0.1) is 11.4 Å². The van der Waals surface area contributed by atoms with Crippen molar-refractivity contribution in [2.75, 3.05) is 19.7 Å². The molecular formula is C15H17N3O2S. The molecule has 2 aromatic rings. The SMILES string of the molecule is Cc1nc(-c2ccccn2)sc1C(=O)N1CCC(CO)C1. The maximum Gasteiger partial charge on any atom is 0.265 e. The second-order valence-corrected chi connectivity index (χ2v) is 6.24. The van der Waals surface area contributed by atoms with E-state index in [-0.39, 0.29) is 18.4 Å². The number of pyridine rings is 1. The lowest BCUT2D eigenvalue weighted by Crippen LogP contribution is -2.29. The average molecular weight is 303 g/mol. The third-order valence-corrected chi connectivity index (χ3v) is 4.87. The molecule has 2 aromatic heterocycles. The number of aromatic nitrogens is 2. The number of carbonyl (C=O) groups excluding carboxylic acids is 1. The van der Waals surface area contributed by atoms with Crippen LogP contribution in [0.15, 0.2) is 24.4 Å². The third kappa shape index (κ3) is 2.82. The van der Waals surface area contributed by atoms with Crippen molar-refractivity contribution in [2.45, 2.75) is 13.3 Å². The zero-order valence-electron chi connectivity index (χ0n) is 11.8. The number of amides is 1. The van der Waals surface area contributed by atoms with E-state index in [0.717, 1.165) is 22.8 Å². The van der Waals surface area contributed by atoms with E-state index in [2.05, 4.69) is 9.97 Å². The predicted octanol–water partition coefficient (Wildman–Crippen LogP) is 1.97. The van der Waals surface area contributed by atoms with Crippen molar-refractivity contribution < 1.29 is 9.90 Å². The van der Waals surface area contributed by atoms with E-state index < -0.39 is 0 Å². The molecule has 3 heterocycles. The molecule has 0 radical (unpaired) electrons. The van der Waals surface area contributed by atoms with Crippen LogP contribution in [0.25, 0.3) is 10.7 Å². The molecule has 1 fully saturated rings. The van der Waals surface area contributed by atoms with Crippen molar-refractivity contribution in [3.63, 3.8) is 0 Å². The van der Waals surface area contributed by atoms with Gasteiger partial charge in [0.1, 0.15) is 9.88 Å². The Morgan fingerprint density at radius 3 is 3.05 bits per heavy atom. The Morgan fingerprint density at radius 1 is 1.52 bits per heavy atom. The maximum absolute atomic E-state index is 12.6. The molecule has 3 rings (SSSR count). The molecule has 110 valence electrons. The van der Waals surface area contributed by atoms with Crippen molar-refractivity contribution in [1.29, 1.82) is 0 Å². The molecule has 5 nitrogen and oxygen atoms in total. The zero-order valence-corrected chi connectivity index (χ0v) is 12.6. The van der Waals surface area contributed by atoms with Crippen molar-refractivity contribution >= 4 is 17.2 Å². The summed E-state index contributed by atoms with van der Waals surface area (Å²) in [5.74, 6) is 0.223. The van der Waals surface area contributed by atoms with Gasteiger partial charge in [0.25, 0.3) is 5.91 Å². The summed E-state index contributed by atoms with van der Waals surface area (Å²) >= 11 is 1.39. The molecule has 21 heavy (non-hydrogen) atoms. The standard InChI is InChI=1S/C15H17N3O2S/c1-10-13(15(20)18-7-5-11(8-18)9-19)21-14(17-10)12-4-2-3-6-16-12/h2-4,6,11,19H,5,7-9H2,1H3. The molecule has 1 N–H and O–H groups in total. The summed E-state index contributed by atoms with van der Waals surface area (Å²) in [5, 5.41) is 9.96. The Hall–Kier alpha value is -1.79. The number of rotatable bonds is 3. The predicted molar refractivity (Wildman–Crippen MR) is 81.2 cm³/mol. The third-order valence-electron chi connectivity index (χ3n) is 3.71. The van der Waals surface area contributed by atoms with Gasteiger partial charge in [-0.25, -0.2) is 4.98 Å². The van der Waals surface area contributed by atoms with Gasteiger partial charge in [-0.15, -0.1) is 11.3 Å². The van der Waals surface area contributed by atoms with E-state index in [1.54, 1.807) is 6.20 Å². The minimum atomic E-state index is 0.0168. The lowest BCUT2D eigenvalue weighted by molar-refractivity contribution is 0.0785. The second-order valence-electron chi connectivity index (χ2n) is 5.24. The fourth-order valence-corrected chi connectivity index (χ4v) is 3.51. The Morgan fingerprint density at radius 2 is 2.38 bits per heavy atom. The smallest absolute Gasteiger partial charge is 0.265 e. The molecule has 0 aromatic carbocycles. The number of likely N-dealkylation sites (tertiary alicyclic amines) is 1. The zero-order chi connectivity index (χ0) is 14.8. The summed E-state index contributed by atoms with van der Waals surface area (Å²) in [7, 11) is 0. The van der Waals surface area contributed by atoms with Gasteiger partial charge < -0.3 is 10.0 Å². The van der Waals surface area contributed by atoms with Crippen LogP contribution in [-0.2, 0) is 0 Å². The van der Waals surface area contributed by atoms with Crippen LogP contribution < -0.4 is 0 Å².